The molecule has 0 amide bonds. The van der Waals surface area contributed by atoms with Crippen LogP contribution in [0.1, 0.15) is 64.7 Å². The maximum absolute atomic E-state index is 5.52. The van der Waals surface area contributed by atoms with Gasteiger partial charge in [-0.25, -0.2) is 0 Å². The van der Waals surface area contributed by atoms with Gasteiger partial charge in [0.2, 0.25) is 0 Å². The van der Waals surface area contributed by atoms with Gasteiger partial charge in [-0.15, -0.1) is 0 Å². The monoisotopic (exact) mass is 288 g/mol. The van der Waals surface area contributed by atoms with Gasteiger partial charge in [0, 0.05) is 19.8 Å². The lowest BCUT2D eigenvalue weighted by Gasteiger charge is -2.07. The van der Waals surface area contributed by atoms with Gasteiger partial charge in [0.25, 0.3) is 0 Å². The maximum atomic E-state index is 5.52. The molecule has 0 unspecified atom stereocenters. The highest BCUT2D eigenvalue weighted by atomic mass is 16.5. The third-order valence-electron chi connectivity index (χ3n) is 3.19. The second-order valence-electron chi connectivity index (χ2n) is 5.28. The van der Waals surface area contributed by atoms with Crippen LogP contribution in [0.5, 0.6) is 0 Å². The van der Waals surface area contributed by atoms with Gasteiger partial charge in [-0.2, -0.15) is 0 Å². The zero-order valence-electron chi connectivity index (χ0n) is 13.5. The molecule has 3 N–H and O–H groups in total. The van der Waals surface area contributed by atoms with Crippen molar-refractivity contribution in [2.75, 3.05) is 39.6 Å². The van der Waals surface area contributed by atoms with Crippen LogP contribution in [0.25, 0.3) is 0 Å². The number of hydrogen-bond acceptors (Lipinski definition) is 4. The zero-order valence-corrected chi connectivity index (χ0v) is 13.5. The lowest BCUT2D eigenvalue weighted by Crippen LogP contribution is -2.19. The first-order valence-corrected chi connectivity index (χ1v) is 8.48. The third-order valence-corrected chi connectivity index (χ3v) is 3.19. The molecular weight excluding hydrogens is 252 g/mol. The SMILES string of the molecule is CCCOCCCCOCNCCCCCCCCN. The summed E-state index contributed by atoms with van der Waals surface area (Å²) in [7, 11) is 0. The average molecular weight is 288 g/mol. The third kappa shape index (κ3) is 17.8. The highest BCUT2D eigenvalue weighted by Crippen LogP contribution is 2.03. The Morgan fingerprint density at radius 2 is 1.40 bits per heavy atom. The fraction of sp³-hybridized carbons (Fsp3) is 1.00. The van der Waals surface area contributed by atoms with E-state index in [0.29, 0.717) is 6.73 Å². The summed E-state index contributed by atoms with van der Waals surface area (Å²) in [4.78, 5) is 0. The second-order valence-corrected chi connectivity index (χ2v) is 5.28. The first-order chi connectivity index (χ1) is 9.91. The topological polar surface area (TPSA) is 56.5 Å². The largest absolute Gasteiger partial charge is 0.381 e. The summed E-state index contributed by atoms with van der Waals surface area (Å²) in [5.74, 6) is 0. The molecule has 4 heteroatoms. The number of hydrogen-bond donors (Lipinski definition) is 2. The van der Waals surface area contributed by atoms with Crippen LogP contribution in [0.3, 0.4) is 0 Å². The van der Waals surface area contributed by atoms with E-state index in [2.05, 4.69) is 12.2 Å². The fourth-order valence-electron chi connectivity index (χ4n) is 1.97. The number of ether oxygens (including phenoxy) is 2. The molecule has 0 radical (unpaired) electrons. The molecule has 0 atom stereocenters. The van der Waals surface area contributed by atoms with Crippen molar-refractivity contribution in [2.24, 2.45) is 5.73 Å². The summed E-state index contributed by atoms with van der Waals surface area (Å²) in [6.07, 6.45) is 11.0. The van der Waals surface area contributed by atoms with E-state index in [1.54, 1.807) is 0 Å². The van der Waals surface area contributed by atoms with Gasteiger partial charge in [-0.3, -0.25) is 5.32 Å². The molecule has 0 spiro atoms. The van der Waals surface area contributed by atoms with Crippen LogP contribution in [-0.2, 0) is 9.47 Å². The summed E-state index contributed by atoms with van der Waals surface area (Å²) in [5.41, 5.74) is 5.46. The first kappa shape index (κ1) is 19.8. The molecule has 122 valence electrons. The van der Waals surface area contributed by atoms with E-state index in [4.69, 9.17) is 15.2 Å². The van der Waals surface area contributed by atoms with Crippen molar-refractivity contribution >= 4 is 0 Å². The molecule has 4 nitrogen and oxygen atoms in total. The highest BCUT2D eigenvalue weighted by Gasteiger charge is 1.92. The second kappa shape index (κ2) is 18.8. The van der Waals surface area contributed by atoms with Gasteiger partial charge in [0.1, 0.15) is 0 Å². The molecular formula is C16H36N2O2. The predicted octanol–water partition coefficient (Wildman–Crippen LogP) is 3.06. The molecule has 0 aliphatic heterocycles. The Bertz CT molecular complexity index is 151. The quantitative estimate of drug-likeness (QED) is 0.319. The van der Waals surface area contributed by atoms with Crippen LogP contribution in [-0.4, -0.2) is 39.6 Å². The minimum atomic E-state index is 0.684. The number of unbranched alkanes of at least 4 members (excludes halogenated alkanes) is 6. The Morgan fingerprint density at radius 1 is 0.750 bits per heavy atom. The summed E-state index contributed by atoms with van der Waals surface area (Å²) in [6, 6.07) is 0. The molecule has 0 bridgehead atoms. The minimum Gasteiger partial charge on any atom is -0.381 e. The lowest BCUT2D eigenvalue weighted by molar-refractivity contribution is 0.0940. The summed E-state index contributed by atoms with van der Waals surface area (Å²) in [5, 5.41) is 3.33. The molecule has 0 fully saturated rings. The summed E-state index contributed by atoms with van der Waals surface area (Å²) in [6.45, 7) is 7.31. The van der Waals surface area contributed by atoms with Crippen molar-refractivity contribution in [1.29, 1.82) is 0 Å². The Hall–Kier alpha value is -0.160. The van der Waals surface area contributed by atoms with Crippen LogP contribution in [0.2, 0.25) is 0 Å². The lowest BCUT2D eigenvalue weighted by atomic mass is 10.1. The van der Waals surface area contributed by atoms with E-state index in [1.165, 1.54) is 38.5 Å². The van der Waals surface area contributed by atoms with Crippen LogP contribution in [0.4, 0.5) is 0 Å². The van der Waals surface area contributed by atoms with E-state index in [0.717, 1.165) is 52.2 Å². The molecule has 0 aromatic carbocycles. The van der Waals surface area contributed by atoms with Crippen molar-refractivity contribution in [3.05, 3.63) is 0 Å². The van der Waals surface area contributed by atoms with Crippen LogP contribution < -0.4 is 11.1 Å². The van der Waals surface area contributed by atoms with Gasteiger partial charge >= 0.3 is 0 Å². The van der Waals surface area contributed by atoms with E-state index >= 15 is 0 Å². The Labute approximate surface area is 125 Å². The number of nitrogens with one attached hydrogen (secondary N) is 1. The predicted molar refractivity (Wildman–Crippen MR) is 85.9 cm³/mol. The molecule has 20 heavy (non-hydrogen) atoms. The first-order valence-electron chi connectivity index (χ1n) is 8.48. The molecule has 0 aromatic heterocycles. The standard InChI is InChI=1S/C16H36N2O2/c1-2-13-19-14-9-10-15-20-16-18-12-8-6-4-3-5-7-11-17/h18H,2-17H2,1H3. The normalized spacial score (nSPS) is 11.1. The van der Waals surface area contributed by atoms with Gasteiger partial charge in [0.15, 0.2) is 0 Å². The average Bonchev–Trinajstić information content (AvgIpc) is 2.47. The maximum Gasteiger partial charge on any atom is 0.0965 e. The van der Waals surface area contributed by atoms with Gasteiger partial charge < -0.3 is 15.2 Å². The summed E-state index contributed by atoms with van der Waals surface area (Å²) >= 11 is 0. The van der Waals surface area contributed by atoms with Crippen LogP contribution in [0.15, 0.2) is 0 Å². The van der Waals surface area contributed by atoms with Crippen LogP contribution in [0, 0.1) is 0 Å². The molecule has 0 aromatic rings. The zero-order chi connectivity index (χ0) is 14.7. The Kier molecular flexibility index (Phi) is 18.7. The van der Waals surface area contributed by atoms with E-state index in [9.17, 15) is 0 Å². The Balaban J connectivity index is 2.89. The molecule has 0 heterocycles. The number of rotatable bonds is 17. The van der Waals surface area contributed by atoms with Crippen molar-refractivity contribution in [2.45, 2.75) is 64.7 Å². The van der Waals surface area contributed by atoms with Crippen molar-refractivity contribution in [3.8, 4) is 0 Å². The van der Waals surface area contributed by atoms with E-state index in [-0.39, 0.29) is 0 Å². The Morgan fingerprint density at radius 3 is 2.10 bits per heavy atom. The van der Waals surface area contributed by atoms with Gasteiger partial charge in [-0.1, -0.05) is 32.6 Å². The fourth-order valence-corrected chi connectivity index (χ4v) is 1.97. The van der Waals surface area contributed by atoms with E-state index < -0.39 is 0 Å². The minimum absolute atomic E-state index is 0.684. The van der Waals surface area contributed by atoms with Crippen LogP contribution >= 0.6 is 0 Å². The summed E-state index contributed by atoms with van der Waals surface area (Å²) < 4.78 is 10.9. The van der Waals surface area contributed by atoms with Crippen molar-refractivity contribution in [3.63, 3.8) is 0 Å². The molecule has 0 saturated carbocycles. The molecule has 0 aliphatic carbocycles. The van der Waals surface area contributed by atoms with Crippen molar-refractivity contribution in [1.82, 2.24) is 5.32 Å². The molecule has 0 aliphatic rings. The molecule has 0 rings (SSSR count). The highest BCUT2D eigenvalue weighted by molar-refractivity contribution is 4.48. The smallest absolute Gasteiger partial charge is 0.0965 e. The van der Waals surface area contributed by atoms with Gasteiger partial charge in [0.05, 0.1) is 6.73 Å². The van der Waals surface area contributed by atoms with E-state index in [1.807, 2.05) is 0 Å². The van der Waals surface area contributed by atoms with Gasteiger partial charge in [-0.05, 0) is 45.2 Å². The molecule has 0 saturated heterocycles. The van der Waals surface area contributed by atoms with Crippen molar-refractivity contribution < 1.29 is 9.47 Å². The number of nitrogens with two attached hydrogens (primary N) is 1.